The number of hydrogen-bond donors (Lipinski definition) is 2. The molecule has 0 amide bonds. The van der Waals surface area contributed by atoms with Crippen molar-refractivity contribution in [3.8, 4) is 0 Å². The molecule has 5 nitrogen and oxygen atoms in total. The molecule has 11 rings (SSSR count). The average molecular weight is 696 g/mol. The predicted octanol–water partition coefficient (Wildman–Crippen LogP) is 12.6. The van der Waals surface area contributed by atoms with Crippen molar-refractivity contribution in [3.63, 3.8) is 0 Å². The number of anilines is 4. The minimum Gasteiger partial charge on any atom is -0.372 e. The summed E-state index contributed by atoms with van der Waals surface area (Å²) in [6.07, 6.45) is 23.5. The Morgan fingerprint density at radius 1 is 0.722 bits per heavy atom. The molecule has 0 bridgehead atoms. The number of fused-ring (bicyclic) bond motifs is 4. The minimum absolute atomic E-state index is 0.226. The lowest BCUT2D eigenvalue weighted by atomic mass is 9.68. The molecular formula is C49H37N5. The third-order valence-corrected chi connectivity index (χ3v) is 11.4. The van der Waals surface area contributed by atoms with Gasteiger partial charge in [-0.3, -0.25) is 4.57 Å². The summed E-state index contributed by atoms with van der Waals surface area (Å²) in [5, 5.41) is 7.14. The van der Waals surface area contributed by atoms with Gasteiger partial charge in [0.15, 0.2) is 0 Å². The molecule has 2 N–H and O–H groups in total. The van der Waals surface area contributed by atoms with Gasteiger partial charge in [0.2, 0.25) is 0 Å². The van der Waals surface area contributed by atoms with Gasteiger partial charge in [0.25, 0.3) is 0 Å². The first kappa shape index (κ1) is 30.7. The zero-order valence-electron chi connectivity index (χ0n) is 29.9. The summed E-state index contributed by atoms with van der Waals surface area (Å²) in [5.74, 6) is 1.49. The van der Waals surface area contributed by atoms with Crippen LogP contribution in [0.15, 0.2) is 168 Å². The molecule has 54 heavy (non-hydrogen) atoms. The highest BCUT2D eigenvalue weighted by Gasteiger charge is 2.35. The summed E-state index contributed by atoms with van der Waals surface area (Å²) >= 11 is 0. The summed E-state index contributed by atoms with van der Waals surface area (Å²) in [5.41, 5.74) is 15.4. The average Bonchev–Trinajstić information content (AvgIpc) is 3.75. The highest BCUT2D eigenvalue weighted by atomic mass is 15.1. The van der Waals surface area contributed by atoms with Crippen LogP contribution in [0.25, 0.3) is 50.6 Å². The number of allylic oxidation sites excluding steroid dienone is 10. The number of aliphatic imine (C=N–C) groups is 1. The van der Waals surface area contributed by atoms with Gasteiger partial charge in [-0.25, -0.2) is 4.99 Å². The summed E-state index contributed by atoms with van der Waals surface area (Å²) in [4.78, 5) is 11.2. The van der Waals surface area contributed by atoms with Crippen LogP contribution >= 0.6 is 0 Å². The topological polar surface area (TPSA) is 48.4 Å². The number of nitrogens with one attached hydrogen (secondary N) is 2. The van der Waals surface area contributed by atoms with E-state index in [2.05, 4.69) is 190 Å². The lowest BCUT2D eigenvalue weighted by molar-refractivity contribution is 0.663. The maximum absolute atomic E-state index is 5.20. The van der Waals surface area contributed by atoms with Gasteiger partial charge >= 0.3 is 0 Å². The third kappa shape index (κ3) is 4.75. The lowest BCUT2D eigenvalue weighted by Crippen LogP contribution is -2.23. The van der Waals surface area contributed by atoms with E-state index in [1.54, 1.807) is 0 Å². The van der Waals surface area contributed by atoms with Gasteiger partial charge in [-0.15, -0.1) is 0 Å². The number of rotatable bonds is 6. The van der Waals surface area contributed by atoms with Crippen LogP contribution in [0.2, 0.25) is 0 Å². The van der Waals surface area contributed by atoms with Gasteiger partial charge in [-0.1, -0.05) is 103 Å². The Morgan fingerprint density at radius 3 is 2.37 bits per heavy atom. The van der Waals surface area contributed by atoms with E-state index in [-0.39, 0.29) is 11.8 Å². The van der Waals surface area contributed by atoms with Crippen LogP contribution in [0.1, 0.15) is 29.0 Å². The van der Waals surface area contributed by atoms with Crippen LogP contribution < -0.4 is 10.2 Å². The molecule has 2 unspecified atom stereocenters. The smallest absolute Gasteiger partial charge is 0.137 e. The molecular weight excluding hydrogens is 659 g/mol. The second-order valence-electron chi connectivity index (χ2n) is 14.5. The largest absolute Gasteiger partial charge is 0.372 e. The Kier molecular flexibility index (Phi) is 6.89. The Balaban J connectivity index is 1.02. The molecule has 2 aromatic heterocycles. The highest BCUT2D eigenvalue weighted by Crippen LogP contribution is 2.52. The fourth-order valence-corrected chi connectivity index (χ4v) is 9.05. The van der Waals surface area contributed by atoms with Crippen molar-refractivity contribution in [1.82, 2.24) is 9.55 Å². The fraction of sp³-hybridized carbons (Fsp3) is 0.0816. The first-order valence-corrected chi connectivity index (χ1v) is 18.8. The number of aromatic amines is 1. The molecule has 0 spiro atoms. The molecule has 0 radical (unpaired) electrons. The first-order chi connectivity index (χ1) is 26.7. The predicted molar refractivity (Wildman–Crippen MR) is 229 cm³/mol. The molecule has 4 aliphatic rings. The van der Waals surface area contributed by atoms with E-state index in [9.17, 15) is 0 Å². The van der Waals surface area contributed by atoms with Crippen molar-refractivity contribution in [2.75, 3.05) is 17.3 Å². The van der Waals surface area contributed by atoms with Crippen molar-refractivity contribution in [2.24, 2.45) is 10.9 Å². The van der Waals surface area contributed by atoms with Crippen LogP contribution in [0, 0.1) is 5.92 Å². The molecule has 2 heterocycles. The first-order valence-electron chi connectivity index (χ1n) is 18.8. The highest BCUT2D eigenvalue weighted by molar-refractivity contribution is 6.09. The van der Waals surface area contributed by atoms with Gasteiger partial charge in [-0.2, -0.15) is 0 Å². The second kappa shape index (κ2) is 12.1. The maximum atomic E-state index is 5.20. The van der Waals surface area contributed by atoms with Crippen LogP contribution in [0.3, 0.4) is 0 Å². The quantitative estimate of drug-likeness (QED) is 0.182. The zero-order valence-corrected chi connectivity index (χ0v) is 29.9. The Labute approximate surface area is 314 Å². The summed E-state index contributed by atoms with van der Waals surface area (Å²) in [6, 6.07) is 39.4. The van der Waals surface area contributed by atoms with Crippen molar-refractivity contribution < 1.29 is 0 Å². The number of H-pyrrole nitrogens is 1. The van der Waals surface area contributed by atoms with E-state index >= 15 is 0 Å². The van der Waals surface area contributed by atoms with Gasteiger partial charge < -0.3 is 15.2 Å². The van der Waals surface area contributed by atoms with E-state index in [1.807, 2.05) is 7.05 Å². The van der Waals surface area contributed by atoms with Crippen molar-refractivity contribution in [1.29, 1.82) is 0 Å². The summed E-state index contributed by atoms with van der Waals surface area (Å²) in [6.45, 7) is 0. The number of benzene rings is 5. The molecule has 7 aromatic rings. The van der Waals surface area contributed by atoms with E-state index in [0.29, 0.717) is 0 Å². The standard InChI is InChI=1S/C49H37N5/c1-50-49-48(51-35-12-4-2-5-13-35)41-17-9-11-19-45(41)54(49)39-28-33-22-20-31-26-38(27-32-21-23-34(29-39)47(33)46(31)32)53(36-14-6-3-7-15-36)37-24-25-44-42(30-37)40-16-8-10-18-43(40)52-44/h2-12,14-30,33,47,50,52H,13H2,1H3. The molecule has 4 aliphatic carbocycles. The zero-order chi connectivity index (χ0) is 35.8. The fourth-order valence-electron chi connectivity index (χ4n) is 9.05. The van der Waals surface area contributed by atoms with Crippen LogP contribution in [-0.2, 0) is 0 Å². The van der Waals surface area contributed by atoms with E-state index in [1.165, 1.54) is 33.0 Å². The van der Waals surface area contributed by atoms with E-state index < -0.39 is 0 Å². The van der Waals surface area contributed by atoms with Crippen LogP contribution in [0.4, 0.5) is 28.6 Å². The third-order valence-electron chi connectivity index (χ3n) is 11.4. The number of aromatic nitrogens is 2. The van der Waals surface area contributed by atoms with Crippen LogP contribution in [0.5, 0.6) is 0 Å². The Morgan fingerprint density at radius 2 is 1.52 bits per heavy atom. The molecule has 5 heteroatoms. The molecule has 2 atom stereocenters. The molecule has 0 fully saturated rings. The summed E-state index contributed by atoms with van der Waals surface area (Å²) < 4.78 is 2.36. The monoisotopic (exact) mass is 695 g/mol. The Bertz CT molecular complexity index is 2900. The van der Waals surface area contributed by atoms with E-state index in [4.69, 9.17) is 4.99 Å². The SMILES string of the molecule is CNc1c(N=C2C=CC=CC2)c2ccccc2n1C1=CC2C=Cc3cc(N(c4ccccc4)c4ccc5[nH]c6ccccc6c5c4)cc4c3C2C(=C1)C=C4. The Hall–Kier alpha value is -6.85. The van der Waals surface area contributed by atoms with Crippen LogP contribution in [-0.4, -0.2) is 22.3 Å². The normalized spacial score (nSPS) is 18.7. The van der Waals surface area contributed by atoms with Gasteiger partial charge in [-0.05, 0) is 89.0 Å². The molecule has 258 valence electrons. The number of nitrogens with zero attached hydrogens (tertiary/aromatic N) is 3. The van der Waals surface area contributed by atoms with Gasteiger partial charge in [0, 0.05) is 81.0 Å². The van der Waals surface area contributed by atoms with Crippen molar-refractivity contribution in [3.05, 3.63) is 180 Å². The van der Waals surface area contributed by atoms with Gasteiger partial charge in [0.1, 0.15) is 11.5 Å². The summed E-state index contributed by atoms with van der Waals surface area (Å²) in [7, 11) is 2.00. The molecule has 0 aliphatic heterocycles. The second-order valence-corrected chi connectivity index (χ2v) is 14.5. The van der Waals surface area contributed by atoms with Gasteiger partial charge in [0.05, 0.1) is 5.52 Å². The molecule has 5 aromatic carbocycles. The lowest BCUT2D eigenvalue weighted by Gasteiger charge is -2.37. The minimum atomic E-state index is 0.226. The molecule has 0 saturated heterocycles. The van der Waals surface area contributed by atoms with E-state index in [0.717, 1.165) is 68.3 Å². The number of para-hydroxylation sites is 3. The maximum Gasteiger partial charge on any atom is 0.137 e. The molecule has 0 saturated carbocycles. The van der Waals surface area contributed by atoms with Crippen molar-refractivity contribution in [2.45, 2.75) is 12.3 Å². The number of hydrogen-bond acceptors (Lipinski definition) is 3. The van der Waals surface area contributed by atoms with Crippen molar-refractivity contribution >= 4 is 84.8 Å².